The smallest absolute Gasteiger partial charge is 0.220 e. The first-order chi connectivity index (χ1) is 13.5. The van der Waals surface area contributed by atoms with E-state index < -0.39 is 0 Å². The highest BCUT2D eigenvalue weighted by molar-refractivity contribution is 7.98. The number of amides is 1. The van der Waals surface area contributed by atoms with E-state index in [1.807, 2.05) is 44.4 Å². The van der Waals surface area contributed by atoms with Gasteiger partial charge in [-0.05, 0) is 66.6 Å². The molecule has 2 aromatic carbocycles. The molecule has 146 valence electrons. The number of ether oxygens (including phenoxy) is 1. The van der Waals surface area contributed by atoms with Crippen molar-refractivity contribution in [1.82, 2.24) is 15.3 Å². The second kappa shape index (κ2) is 9.06. The molecule has 0 atom stereocenters. The molecule has 0 fully saturated rings. The van der Waals surface area contributed by atoms with Crippen molar-refractivity contribution in [2.45, 2.75) is 38.4 Å². The van der Waals surface area contributed by atoms with Crippen molar-refractivity contribution in [3.8, 4) is 5.75 Å². The molecule has 28 heavy (non-hydrogen) atoms. The molecule has 0 aliphatic carbocycles. The minimum absolute atomic E-state index is 0.0302. The second-order valence-corrected chi connectivity index (χ2v) is 7.46. The SMILES string of the molecule is COc1ccc2cc(CNC(=O)CCc3c(C)nc(SC)nc3C)ccc2c1. The summed E-state index contributed by atoms with van der Waals surface area (Å²) < 4.78 is 5.26. The minimum Gasteiger partial charge on any atom is -0.497 e. The molecule has 0 aliphatic heterocycles. The summed E-state index contributed by atoms with van der Waals surface area (Å²) in [6, 6.07) is 12.2. The monoisotopic (exact) mass is 395 g/mol. The van der Waals surface area contributed by atoms with Crippen molar-refractivity contribution in [2.75, 3.05) is 13.4 Å². The van der Waals surface area contributed by atoms with Crippen molar-refractivity contribution < 1.29 is 9.53 Å². The molecule has 0 saturated carbocycles. The van der Waals surface area contributed by atoms with Crippen LogP contribution in [0.1, 0.15) is 28.9 Å². The molecule has 0 radical (unpaired) electrons. The maximum absolute atomic E-state index is 12.3. The maximum Gasteiger partial charge on any atom is 0.220 e. The molecule has 5 nitrogen and oxygen atoms in total. The van der Waals surface area contributed by atoms with Crippen LogP contribution in [-0.4, -0.2) is 29.2 Å². The van der Waals surface area contributed by atoms with Crippen LogP contribution in [0, 0.1) is 13.8 Å². The predicted octanol–water partition coefficient (Wildman–Crippen LogP) is 4.23. The van der Waals surface area contributed by atoms with Crippen molar-refractivity contribution in [1.29, 1.82) is 0 Å². The van der Waals surface area contributed by atoms with Crippen LogP contribution >= 0.6 is 11.8 Å². The number of methoxy groups -OCH3 is 1. The van der Waals surface area contributed by atoms with Crippen LogP contribution in [-0.2, 0) is 17.8 Å². The van der Waals surface area contributed by atoms with Crippen molar-refractivity contribution in [3.63, 3.8) is 0 Å². The van der Waals surface area contributed by atoms with Gasteiger partial charge in [0, 0.05) is 24.4 Å². The number of aryl methyl sites for hydroxylation is 2. The summed E-state index contributed by atoms with van der Waals surface area (Å²) >= 11 is 1.53. The number of carbonyl (C=O) groups is 1. The topological polar surface area (TPSA) is 64.1 Å². The Bertz CT molecular complexity index is 981. The first-order valence-electron chi connectivity index (χ1n) is 9.21. The third-order valence-corrected chi connectivity index (χ3v) is 5.33. The number of rotatable bonds is 7. The Morgan fingerprint density at radius 3 is 2.43 bits per heavy atom. The molecular weight excluding hydrogens is 370 g/mol. The molecule has 1 aromatic heterocycles. The average molecular weight is 396 g/mol. The highest BCUT2D eigenvalue weighted by Crippen LogP contribution is 2.22. The number of benzene rings is 2. The van der Waals surface area contributed by atoms with Gasteiger partial charge in [-0.3, -0.25) is 4.79 Å². The first kappa shape index (κ1) is 20.1. The summed E-state index contributed by atoms with van der Waals surface area (Å²) in [6.07, 6.45) is 3.04. The fourth-order valence-electron chi connectivity index (χ4n) is 3.20. The van der Waals surface area contributed by atoms with Crippen LogP contribution in [0.3, 0.4) is 0 Å². The van der Waals surface area contributed by atoms with Gasteiger partial charge >= 0.3 is 0 Å². The lowest BCUT2D eigenvalue weighted by molar-refractivity contribution is -0.121. The average Bonchev–Trinajstić information content (AvgIpc) is 2.70. The molecule has 0 spiro atoms. The van der Waals surface area contributed by atoms with E-state index in [2.05, 4.69) is 27.4 Å². The van der Waals surface area contributed by atoms with E-state index in [0.29, 0.717) is 19.4 Å². The Morgan fingerprint density at radius 2 is 1.75 bits per heavy atom. The van der Waals surface area contributed by atoms with Gasteiger partial charge in [0.15, 0.2) is 5.16 Å². The van der Waals surface area contributed by atoms with Crippen molar-refractivity contribution >= 4 is 28.4 Å². The number of aromatic nitrogens is 2. The van der Waals surface area contributed by atoms with Crippen LogP contribution in [0.4, 0.5) is 0 Å². The van der Waals surface area contributed by atoms with Crippen molar-refractivity contribution in [2.24, 2.45) is 0 Å². The Kier molecular flexibility index (Phi) is 6.52. The molecule has 0 aliphatic rings. The van der Waals surface area contributed by atoms with Crippen LogP contribution in [0.25, 0.3) is 10.8 Å². The molecule has 1 N–H and O–H groups in total. The van der Waals surface area contributed by atoms with Crippen molar-refractivity contribution in [3.05, 3.63) is 58.9 Å². The molecule has 0 bridgehead atoms. The second-order valence-electron chi connectivity index (χ2n) is 6.68. The van der Waals surface area contributed by atoms with E-state index in [9.17, 15) is 4.79 Å². The maximum atomic E-state index is 12.3. The van der Waals surface area contributed by atoms with Gasteiger partial charge in [0.25, 0.3) is 0 Å². The summed E-state index contributed by atoms with van der Waals surface area (Å²) in [5, 5.41) is 6.03. The molecular formula is C22H25N3O2S. The first-order valence-corrected chi connectivity index (χ1v) is 10.4. The van der Waals surface area contributed by atoms with Crippen LogP contribution in [0.15, 0.2) is 41.6 Å². The van der Waals surface area contributed by atoms with E-state index in [4.69, 9.17) is 4.74 Å². The zero-order valence-corrected chi connectivity index (χ0v) is 17.5. The number of hydrogen-bond donors (Lipinski definition) is 1. The number of carbonyl (C=O) groups excluding carboxylic acids is 1. The Labute approximate surface area is 169 Å². The molecule has 1 heterocycles. The van der Waals surface area contributed by atoms with E-state index >= 15 is 0 Å². The van der Waals surface area contributed by atoms with E-state index in [0.717, 1.165) is 44.2 Å². The normalized spacial score (nSPS) is 10.9. The fraction of sp³-hybridized carbons (Fsp3) is 0.318. The van der Waals surface area contributed by atoms with Gasteiger partial charge in [-0.2, -0.15) is 0 Å². The van der Waals surface area contributed by atoms with E-state index in [1.165, 1.54) is 11.8 Å². The molecule has 0 saturated heterocycles. The predicted molar refractivity (Wildman–Crippen MR) is 114 cm³/mol. The lowest BCUT2D eigenvalue weighted by Crippen LogP contribution is -2.23. The van der Waals surface area contributed by atoms with Gasteiger partial charge in [-0.1, -0.05) is 30.0 Å². The lowest BCUT2D eigenvalue weighted by Gasteiger charge is -2.11. The zero-order chi connectivity index (χ0) is 20.1. The van der Waals surface area contributed by atoms with Gasteiger partial charge < -0.3 is 10.1 Å². The number of nitrogens with one attached hydrogen (secondary N) is 1. The molecule has 6 heteroatoms. The van der Waals surface area contributed by atoms with E-state index in [-0.39, 0.29) is 5.91 Å². The quantitative estimate of drug-likeness (QED) is 0.479. The fourth-order valence-corrected chi connectivity index (χ4v) is 3.66. The number of nitrogens with zero attached hydrogens (tertiary/aromatic N) is 2. The number of fused-ring (bicyclic) bond motifs is 1. The largest absolute Gasteiger partial charge is 0.497 e. The molecule has 0 unspecified atom stereocenters. The standard InChI is InChI=1S/C22H25N3O2S/c1-14-20(15(2)25-22(24-14)28-4)9-10-21(26)23-13-16-5-6-18-12-19(27-3)8-7-17(18)11-16/h5-8,11-12H,9-10,13H2,1-4H3,(H,23,26). The van der Waals surface area contributed by atoms with Crippen LogP contribution in [0.2, 0.25) is 0 Å². The Hall–Kier alpha value is -2.60. The van der Waals surface area contributed by atoms with Gasteiger partial charge in [0.05, 0.1) is 7.11 Å². The number of hydrogen-bond acceptors (Lipinski definition) is 5. The summed E-state index contributed by atoms with van der Waals surface area (Å²) in [7, 11) is 1.66. The van der Waals surface area contributed by atoms with E-state index in [1.54, 1.807) is 7.11 Å². The Morgan fingerprint density at radius 1 is 1.07 bits per heavy atom. The summed E-state index contributed by atoms with van der Waals surface area (Å²) in [5.41, 5.74) is 4.04. The van der Waals surface area contributed by atoms with Gasteiger partial charge in [-0.15, -0.1) is 0 Å². The minimum atomic E-state index is 0.0302. The summed E-state index contributed by atoms with van der Waals surface area (Å²) in [6.45, 7) is 4.47. The van der Waals surface area contributed by atoms with Gasteiger partial charge in [0.2, 0.25) is 5.91 Å². The molecule has 1 amide bonds. The lowest BCUT2D eigenvalue weighted by atomic mass is 10.1. The Balaban J connectivity index is 1.58. The van der Waals surface area contributed by atoms with Crippen LogP contribution < -0.4 is 10.1 Å². The highest BCUT2D eigenvalue weighted by atomic mass is 32.2. The highest BCUT2D eigenvalue weighted by Gasteiger charge is 2.10. The van der Waals surface area contributed by atoms with Gasteiger partial charge in [0.1, 0.15) is 5.75 Å². The molecule has 3 rings (SSSR count). The molecule has 3 aromatic rings. The number of thioether (sulfide) groups is 1. The summed E-state index contributed by atoms with van der Waals surface area (Å²) in [4.78, 5) is 21.3. The third-order valence-electron chi connectivity index (χ3n) is 4.79. The van der Waals surface area contributed by atoms with Crippen LogP contribution in [0.5, 0.6) is 5.75 Å². The third kappa shape index (κ3) is 4.81. The zero-order valence-electron chi connectivity index (χ0n) is 16.7. The summed E-state index contributed by atoms with van der Waals surface area (Å²) in [5.74, 6) is 0.872. The van der Waals surface area contributed by atoms with Gasteiger partial charge in [-0.25, -0.2) is 9.97 Å².